The van der Waals surface area contributed by atoms with Crippen molar-refractivity contribution in [2.75, 3.05) is 19.3 Å². The van der Waals surface area contributed by atoms with Gasteiger partial charge in [-0.2, -0.15) is 9.30 Å². The number of nitrogens with zero attached hydrogens (tertiary/aromatic N) is 3. The molecule has 0 saturated heterocycles. The number of benzene rings is 2. The largest absolute Gasteiger partial charge is 0.312 e. The van der Waals surface area contributed by atoms with Gasteiger partial charge >= 0.3 is 0 Å². The summed E-state index contributed by atoms with van der Waals surface area (Å²) in [6, 6.07) is 10.4. The molecule has 0 saturated carbocycles. The number of thiazole rings is 1. The Labute approximate surface area is 197 Å². The van der Waals surface area contributed by atoms with Crippen LogP contribution in [0.3, 0.4) is 0 Å². The van der Waals surface area contributed by atoms with Crippen molar-refractivity contribution in [1.82, 2.24) is 8.87 Å². The molecule has 8 nitrogen and oxygen atoms in total. The minimum absolute atomic E-state index is 0.111. The lowest BCUT2D eigenvalue weighted by Crippen LogP contribution is -2.30. The Bertz CT molecular complexity index is 1480. The molecule has 2 aromatic carbocycles. The predicted molar refractivity (Wildman–Crippen MR) is 130 cm³/mol. The maximum absolute atomic E-state index is 12.8. The molecule has 1 aromatic heterocycles. The molecule has 0 aliphatic heterocycles. The maximum Gasteiger partial charge on any atom is 0.279 e. The van der Waals surface area contributed by atoms with Crippen LogP contribution in [0.25, 0.3) is 10.2 Å². The fraction of sp³-hybridized carbons (Fsp3) is 0.273. The fourth-order valence-electron chi connectivity index (χ4n) is 3.31. The Morgan fingerprint density at radius 3 is 2.21 bits per heavy atom. The molecule has 11 heteroatoms. The van der Waals surface area contributed by atoms with Crippen LogP contribution in [0.15, 0.2) is 69.9 Å². The Kier molecular flexibility index (Phi) is 7.37. The Hall–Kier alpha value is -2.60. The van der Waals surface area contributed by atoms with Crippen molar-refractivity contribution in [2.45, 2.75) is 30.2 Å². The molecule has 0 bridgehead atoms. The van der Waals surface area contributed by atoms with Crippen molar-refractivity contribution >= 4 is 47.3 Å². The van der Waals surface area contributed by atoms with Gasteiger partial charge in [-0.3, -0.25) is 4.79 Å². The summed E-state index contributed by atoms with van der Waals surface area (Å²) in [7, 11) is -7.00. The zero-order chi connectivity index (χ0) is 24.4. The van der Waals surface area contributed by atoms with Gasteiger partial charge in [0.25, 0.3) is 5.91 Å². The van der Waals surface area contributed by atoms with E-state index in [-0.39, 0.29) is 15.4 Å². The van der Waals surface area contributed by atoms with E-state index in [2.05, 4.69) is 11.6 Å². The zero-order valence-electron chi connectivity index (χ0n) is 18.6. The van der Waals surface area contributed by atoms with Crippen molar-refractivity contribution in [1.29, 1.82) is 0 Å². The van der Waals surface area contributed by atoms with Gasteiger partial charge in [0.05, 0.1) is 20.0 Å². The van der Waals surface area contributed by atoms with E-state index in [9.17, 15) is 21.6 Å². The van der Waals surface area contributed by atoms with Gasteiger partial charge in [0, 0.05) is 31.5 Å². The second-order valence-electron chi connectivity index (χ2n) is 7.22. The molecule has 0 aliphatic carbocycles. The van der Waals surface area contributed by atoms with Crippen LogP contribution in [0.2, 0.25) is 0 Å². The van der Waals surface area contributed by atoms with Gasteiger partial charge in [0.15, 0.2) is 14.6 Å². The number of aromatic nitrogens is 1. The van der Waals surface area contributed by atoms with Crippen LogP contribution in [-0.2, 0) is 26.4 Å². The number of rotatable bonds is 8. The lowest BCUT2D eigenvalue weighted by atomic mass is 10.2. The molecule has 0 spiro atoms. The lowest BCUT2D eigenvalue weighted by molar-refractivity contribution is 0.0997. The number of hydrogen-bond donors (Lipinski definition) is 0. The third kappa shape index (κ3) is 5.16. The van der Waals surface area contributed by atoms with Crippen LogP contribution in [0.5, 0.6) is 0 Å². The number of amides is 1. The van der Waals surface area contributed by atoms with Crippen LogP contribution in [-0.4, -0.2) is 51.0 Å². The lowest BCUT2D eigenvalue weighted by Gasteiger charge is -2.18. The summed E-state index contributed by atoms with van der Waals surface area (Å²) in [4.78, 5) is 17.7. The van der Waals surface area contributed by atoms with E-state index in [1.54, 1.807) is 36.6 Å². The van der Waals surface area contributed by atoms with E-state index in [0.29, 0.717) is 29.1 Å². The minimum atomic E-state index is -3.62. The molecule has 3 aromatic rings. The molecule has 0 aliphatic rings. The minimum Gasteiger partial charge on any atom is -0.312 e. The molecular formula is C22H25N3O5S3. The molecule has 0 radical (unpaired) electrons. The molecule has 0 fully saturated rings. The summed E-state index contributed by atoms with van der Waals surface area (Å²) >= 11 is 1.20. The fourth-order valence-corrected chi connectivity index (χ4v) is 6.57. The van der Waals surface area contributed by atoms with Crippen molar-refractivity contribution in [2.24, 2.45) is 4.99 Å². The highest BCUT2D eigenvalue weighted by Gasteiger charge is 2.21. The first kappa shape index (κ1) is 25.0. The van der Waals surface area contributed by atoms with Gasteiger partial charge in [-0.15, -0.1) is 6.58 Å². The van der Waals surface area contributed by atoms with E-state index in [1.165, 1.54) is 46.0 Å². The summed E-state index contributed by atoms with van der Waals surface area (Å²) in [5.41, 5.74) is 0.979. The SMILES string of the molecule is C=CCn1c(=NC(=O)c2ccc(S(=O)(=O)N(CC)CC)cc2)sc2cc(S(C)(=O)=O)ccc21. The average molecular weight is 508 g/mol. The molecule has 33 heavy (non-hydrogen) atoms. The van der Waals surface area contributed by atoms with Gasteiger partial charge in [-0.1, -0.05) is 31.3 Å². The molecule has 3 rings (SSSR count). The predicted octanol–water partition coefficient (Wildman–Crippen LogP) is 3.06. The van der Waals surface area contributed by atoms with Gasteiger partial charge < -0.3 is 4.57 Å². The summed E-state index contributed by atoms with van der Waals surface area (Å²) < 4.78 is 52.9. The quantitative estimate of drug-likeness (QED) is 0.436. The van der Waals surface area contributed by atoms with Gasteiger partial charge in [-0.05, 0) is 42.5 Å². The summed E-state index contributed by atoms with van der Waals surface area (Å²) in [6.07, 6.45) is 2.80. The van der Waals surface area contributed by atoms with E-state index >= 15 is 0 Å². The molecule has 0 N–H and O–H groups in total. The van der Waals surface area contributed by atoms with E-state index < -0.39 is 25.8 Å². The third-order valence-corrected chi connectivity index (χ3v) is 9.25. The van der Waals surface area contributed by atoms with E-state index in [0.717, 1.165) is 11.8 Å². The first-order chi connectivity index (χ1) is 15.5. The van der Waals surface area contributed by atoms with Gasteiger partial charge in [0.1, 0.15) is 0 Å². The van der Waals surface area contributed by atoms with Crippen LogP contribution in [0.1, 0.15) is 24.2 Å². The number of carbonyl (C=O) groups excluding carboxylic acids is 1. The Morgan fingerprint density at radius 1 is 1.06 bits per heavy atom. The zero-order valence-corrected chi connectivity index (χ0v) is 21.0. The normalized spacial score (nSPS) is 13.0. The number of allylic oxidation sites excluding steroid dienone is 1. The number of sulfonamides is 1. The second-order valence-corrected chi connectivity index (χ2v) is 12.2. The first-order valence-corrected chi connectivity index (χ1v) is 14.3. The van der Waals surface area contributed by atoms with Crippen molar-refractivity contribution in [3.05, 3.63) is 65.5 Å². The summed E-state index contributed by atoms with van der Waals surface area (Å²) in [5.74, 6) is -0.533. The summed E-state index contributed by atoms with van der Waals surface area (Å²) in [6.45, 7) is 8.35. The highest BCUT2D eigenvalue weighted by Crippen LogP contribution is 2.22. The van der Waals surface area contributed by atoms with Crippen LogP contribution >= 0.6 is 11.3 Å². The monoisotopic (exact) mass is 507 g/mol. The smallest absolute Gasteiger partial charge is 0.279 e. The highest BCUT2D eigenvalue weighted by atomic mass is 32.2. The van der Waals surface area contributed by atoms with Crippen molar-refractivity contribution in [3.63, 3.8) is 0 Å². The number of fused-ring (bicyclic) bond motifs is 1. The van der Waals surface area contributed by atoms with E-state index in [4.69, 9.17) is 0 Å². The third-order valence-electron chi connectivity index (χ3n) is 5.04. The van der Waals surface area contributed by atoms with Gasteiger partial charge in [-0.25, -0.2) is 16.8 Å². The molecule has 1 heterocycles. The number of hydrogen-bond acceptors (Lipinski definition) is 6. The number of sulfone groups is 1. The van der Waals surface area contributed by atoms with Crippen LogP contribution in [0.4, 0.5) is 0 Å². The van der Waals surface area contributed by atoms with Crippen molar-refractivity contribution in [3.8, 4) is 0 Å². The summed E-state index contributed by atoms with van der Waals surface area (Å²) in [5, 5.41) is 0. The van der Waals surface area contributed by atoms with Crippen molar-refractivity contribution < 1.29 is 21.6 Å². The maximum atomic E-state index is 12.8. The standard InChI is InChI=1S/C22H25N3O5S3/c1-5-14-25-19-13-12-18(32(4,27)28)15-20(19)31-22(25)23-21(26)16-8-10-17(11-9-16)33(29,30)24(6-2)7-3/h5,8-13,15H,1,6-7,14H2,2-4H3. The van der Waals surface area contributed by atoms with E-state index in [1.807, 2.05) is 0 Å². The molecule has 176 valence electrons. The van der Waals surface area contributed by atoms with Gasteiger partial charge in [0.2, 0.25) is 10.0 Å². The van der Waals surface area contributed by atoms with Crippen LogP contribution < -0.4 is 4.80 Å². The average Bonchev–Trinajstić information content (AvgIpc) is 3.10. The Balaban J connectivity index is 2.04. The molecule has 0 unspecified atom stereocenters. The molecule has 0 atom stereocenters. The topological polar surface area (TPSA) is 106 Å². The number of carbonyl (C=O) groups is 1. The Morgan fingerprint density at radius 2 is 1.67 bits per heavy atom. The second kappa shape index (κ2) is 9.72. The van der Waals surface area contributed by atoms with Crippen LogP contribution in [0, 0.1) is 0 Å². The first-order valence-electron chi connectivity index (χ1n) is 10.2. The molecular weight excluding hydrogens is 482 g/mol. The highest BCUT2D eigenvalue weighted by molar-refractivity contribution is 7.90. The molecule has 1 amide bonds.